The van der Waals surface area contributed by atoms with Crippen molar-refractivity contribution in [2.45, 2.75) is 31.7 Å². The lowest BCUT2D eigenvalue weighted by Gasteiger charge is -2.36. The molecule has 0 unspecified atom stereocenters. The summed E-state index contributed by atoms with van der Waals surface area (Å²) in [6.07, 6.45) is 4.89. The van der Waals surface area contributed by atoms with Crippen LogP contribution in [-0.4, -0.2) is 47.9 Å². The van der Waals surface area contributed by atoms with Crippen molar-refractivity contribution in [1.29, 1.82) is 0 Å². The highest BCUT2D eigenvalue weighted by Gasteiger charge is 2.28. The summed E-state index contributed by atoms with van der Waals surface area (Å²) in [6, 6.07) is 4.69. The van der Waals surface area contributed by atoms with Crippen LogP contribution in [0.1, 0.15) is 36.0 Å². The van der Waals surface area contributed by atoms with Crippen molar-refractivity contribution >= 4 is 17.5 Å². The van der Waals surface area contributed by atoms with Gasteiger partial charge >= 0.3 is 0 Å². The SMILES string of the molecule is O=C(c1ccc(F)cc1Cl)N1CCCN(C2CCC2)CC1. The lowest BCUT2D eigenvalue weighted by Crippen LogP contribution is -2.42. The molecule has 1 saturated heterocycles. The third-order valence-corrected chi connectivity index (χ3v) is 4.88. The van der Waals surface area contributed by atoms with Crippen LogP contribution in [0.4, 0.5) is 4.39 Å². The molecule has 0 spiro atoms. The van der Waals surface area contributed by atoms with Crippen LogP contribution in [0.2, 0.25) is 5.02 Å². The molecule has 5 heteroatoms. The minimum absolute atomic E-state index is 0.0875. The molecule has 1 aromatic rings. The molecule has 0 bridgehead atoms. The third kappa shape index (κ3) is 3.22. The number of rotatable bonds is 2. The zero-order valence-corrected chi connectivity index (χ0v) is 12.8. The lowest BCUT2D eigenvalue weighted by molar-refractivity contribution is 0.0749. The fourth-order valence-corrected chi connectivity index (χ4v) is 3.34. The zero-order chi connectivity index (χ0) is 14.8. The van der Waals surface area contributed by atoms with Crippen LogP contribution in [0.25, 0.3) is 0 Å². The van der Waals surface area contributed by atoms with Crippen molar-refractivity contribution < 1.29 is 9.18 Å². The molecule has 1 heterocycles. The Hall–Kier alpha value is -1.13. The largest absolute Gasteiger partial charge is 0.337 e. The molecule has 0 aromatic heterocycles. The van der Waals surface area contributed by atoms with E-state index in [0.717, 1.165) is 38.6 Å². The van der Waals surface area contributed by atoms with E-state index in [1.165, 1.54) is 37.5 Å². The van der Waals surface area contributed by atoms with Crippen molar-refractivity contribution in [2.24, 2.45) is 0 Å². The van der Waals surface area contributed by atoms with Crippen molar-refractivity contribution in [1.82, 2.24) is 9.80 Å². The van der Waals surface area contributed by atoms with Gasteiger partial charge in [0.15, 0.2) is 0 Å². The van der Waals surface area contributed by atoms with Gasteiger partial charge in [0.25, 0.3) is 5.91 Å². The Labute approximate surface area is 129 Å². The van der Waals surface area contributed by atoms with E-state index in [4.69, 9.17) is 11.6 Å². The van der Waals surface area contributed by atoms with Gasteiger partial charge in [0.2, 0.25) is 0 Å². The van der Waals surface area contributed by atoms with E-state index >= 15 is 0 Å². The predicted octanol–water partition coefficient (Wildman–Crippen LogP) is 3.18. The van der Waals surface area contributed by atoms with E-state index in [9.17, 15) is 9.18 Å². The van der Waals surface area contributed by atoms with Gasteiger partial charge in [0.05, 0.1) is 10.6 Å². The highest BCUT2D eigenvalue weighted by molar-refractivity contribution is 6.33. The molecule has 0 atom stereocenters. The summed E-state index contributed by atoms with van der Waals surface area (Å²) in [7, 11) is 0. The minimum Gasteiger partial charge on any atom is -0.337 e. The quantitative estimate of drug-likeness (QED) is 0.837. The number of benzene rings is 1. The minimum atomic E-state index is -0.413. The molecule has 3 nitrogen and oxygen atoms in total. The Morgan fingerprint density at radius 1 is 1.14 bits per heavy atom. The van der Waals surface area contributed by atoms with E-state index in [1.54, 1.807) is 0 Å². The molecule has 1 aliphatic carbocycles. The highest BCUT2D eigenvalue weighted by atomic mass is 35.5. The first kappa shape index (κ1) is 14.8. The smallest absolute Gasteiger partial charge is 0.255 e. The second-order valence-electron chi connectivity index (χ2n) is 5.89. The van der Waals surface area contributed by atoms with Gasteiger partial charge in [0.1, 0.15) is 5.82 Å². The summed E-state index contributed by atoms with van der Waals surface area (Å²) >= 11 is 6.00. The van der Waals surface area contributed by atoms with Crippen molar-refractivity contribution in [3.63, 3.8) is 0 Å². The summed E-state index contributed by atoms with van der Waals surface area (Å²) in [4.78, 5) is 16.9. The second-order valence-corrected chi connectivity index (χ2v) is 6.30. The summed E-state index contributed by atoms with van der Waals surface area (Å²) in [6.45, 7) is 3.46. The Kier molecular flexibility index (Phi) is 4.45. The molecular weight excluding hydrogens is 291 g/mol. The molecule has 0 radical (unpaired) electrons. The molecule has 1 aliphatic heterocycles. The molecule has 1 saturated carbocycles. The zero-order valence-electron chi connectivity index (χ0n) is 12.0. The van der Waals surface area contributed by atoms with Gasteiger partial charge < -0.3 is 4.90 Å². The standard InChI is InChI=1S/C16H20ClFN2O/c17-15-11-12(18)5-6-14(15)16(21)20-8-2-7-19(9-10-20)13-3-1-4-13/h5-6,11,13H,1-4,7-10H2. The average Bonchev–Trinajstić information content (AvgIpc) is 2.62. The highest BCUT2D eigenvalue weighted by Crippen LogP contribution is 2.26. The fraction of sp³-hybridized carbons (Fsp3) is 0.562. The molecule has 2 fully saturated rings. The van der Waals surface area contributed by atoms with Crippen LogP contribution in [0.5, 0.6) is 0 Å². The Morgan fingerprint density at radius 2 is 1.95 bits per heavy atom. The number of hydrogen-bond donors (Lipinski definition) is 0. The molecule has 3 rings (SSSR count). The molecular formula is C16H20ClFN2O. The van der Waals surface area contributed by atoms with Gasteiger partial charge in [-0.05, 0) is 37.5 Å². The van der Waals surface area contributed by atoms with E-state index in [-0.39, 0.29) is 10.9 Å². The molecule has 1 aromatic carbocycles. The number of halogens is 2. The number of carbonyl (C=O) groups excluding carboxylic acids is 1. The third-order valence-electron chi connectivity index (χ3n) is 4.57. The monoisotopic (exact) mass is 310 g/mol. The number of amides is 1. The van der Waals surface area contributed by atoms with Crippen LogP contribution in [0.15, 0.2) is 18.2 Å². The Morgan fingerprint density at radius 3 is 2.62 bits per heavy atom. The van der Waals surface area contributed by atoms with Crippen molar-refractivity contribution in [3.8, 4) is 0 Å². The molecule has 0 N–H and O–H groups in total. The van der Waals surface area contributed by atoms with Crippen molar-refractivity contribution in [3.05, 3.63) is 34.6 Å². The summed E-state index contributed by atoms with van der Waals surface area (Å²) < 4.78 is 13.1. The average molecular weight is 311 g/mol. The second kappa shape index (κ2) is 6.32. The maximum atomic E-state index is 13.1. The van der Waals surface area contributed by atoms with Crippen molar-refractivity contribution in [2.75, 3.05) is 26.2 Å². The van der Waals surface area contributed by atoms with Gasteiger partial charge in [-0.15, -0.1) is 0 Å². The van der Waals surface area contributed by atoms with Crippen LogP contribution in [-0.2, 0) is 0 Å². The van der Waals surface area contributed by atoms with Crippen LogP contribution >= 0.6 is 11.6 Å². The summed E-state index contributed by atoms with van der Waals surface area (Å²) in [5.74, 6) is -0.501. The summed E-state index contributed by atoms with van der Waals surface area (Å²) in [5, 5.41) is 0.195. The van der Waals surface area contributed by atoms with Crippen LogP contribution in [0.3, 0.4) is 0 Å². The number of nitrogens with zero attached hydrogens (tertiary/aromatic N) is 2. The van der Waals surface area contributed by atoms with Gasteiger partial charge in [-0.25, -0.2) is 4.39 Å². The fourth-order valence-electron chi connectivity index (χ4n) is 3.09. The Bertz CT molecular complexity index is 533. The van der Waals surface area contributed by atoms with E-state index in [1.807, 2.05) is 4.90 Å². The first-order chi connectivity index (χ1) is 10.1. The number of hydrogen-bond acceptors (Lipinski definition) is 2. The predicted molar refractivity (Wildman–Crippen MR) is 81.1 cm³/mol. The van der Waals surface area contributed by atoms with Crippen LogP contribution < -0.4 is 0 Å². The van der Waals surface area contributed by atoms with E-state index < -0.39 is 5.82 Å². The van der Waals surface area contributed by atoms with Gasteiger partial charge in [-0.1, -0.05) is 18.0 Å². The summed E-state index contributed by atoms with van der Waals surface area (Å²) in [5.41, 5.74) is 0.398. The first-order valence-corrected chi connectivity index (χ1v) is 8.01. The first-order valence-electron chi connectivity index (χ1n) is 7.63. The normalized spacial score (nSPS) is 21.0. The molecule has 114 valence electrons. The molecule has 1 amide bonds. The van der Waals surface area contributed by atoms with E-state index in [0.29, 0.717) is 5.56 Å². The maximum absolute atomic E-state index is 13.1. The Balaban J connectivity index is 1.67. The lowest BCUT2D eigenvalue weighted by atomic mass is 9.91. The van der Waals surface area contributed by atoms with Gasteiger partial charge in [-0.3, -0.25) is 9.69 Å². The van der Waals surface area contributed by atoms with Gasteiger partial charge in [-0.2, -0.15) is 0 Å². The number of carbonyl (C=O) groups is 1. The molecule has 2 aliphatic rings. The van der Waals surface area contributed by atoms with Gasteiger partial charge in [0, 0.05) is 32.2 Å². The van der Waals surface area contributed by atoms with Crippen LogP contribution in [0, 0.1) is 5.82 Å². The maximum Gasteiger partial charge on any atom is 0.255 e. The molecule has 21 heavy (non-hydrogen) atoms. The topological polar surface area (TPSA) is 23.6 Å². The van der Waals surface area contributed by atoms with E-state index in [2.05, 4.69) is 4.90 Å².